The summed E-state index contributed by atoms with van der Waals surface area (Å²) in [5, 5.41) is 2.78. The Morgan fingerprint density at radius 3 is 2.80 bits per heavy atom. The molecule has 0 atom stereocenters. The smallest absolute Gasteiger partial charge is 0.255 e. The number of hydrogen-bond acceptors (Lipinski definition) is 2. The number of nitrogens with one attached hydrogen (secondary N) is 1. The molecule has 1 amide bonds. The standard InChI is InChI=1S/C15H14ClFN2O/c1-2-5-11-8-10(9-14(16)18-11)15(20)19-13-7-4-3-6-12(13)17/h3-4,6-9H,2,5H2,1H3,(H,19,20). The zero-order valence-corrected chi connectivity index (χ0v) is 11.7. The number of anilines is 1. The summed E-state index contributed by atoms with van der Waals surface area (Å²) >= 11 is 5.90. The Kier molecular flexibility index (Phi) is 4.69. The van der Waals surface area contributed by atoms with Crippen molar-refractivity contribution >= 4 is 23.2 Å². The second-order valence-electron chi connectivity index (χ2n) is 4.35. The van der Waals surface area contributed by atoms with Crippen LogP contribution in [0.3, 0.4) is 0 Å². The van der Waals surface area contributed by atoms with Crippen LogP contribution in [0, 0.1) is 5.82 Å². The highest BCUT2D eigenvalue weighted by molar-refractivity contribution is 6.29. The molecule has 0 aliphatic heterocycles. The van der Waals surface area contributed by atoms with Gasteiger partial charge in [0.25, 0.3) is 5.91 Å². The molecular weight excluding hydrogens is 279 g/mol. The van der Waals surface area contributed by atoms with Gasteiger partial charge in [0.1, 0.15) is 11.0 Å². The lowest BCUT2D eigenvalue weighted by Crippen LogP contribution is -2.13. The molecule has 0 aliphatic carbocycles. The molecule has 0 saturated heterocycles. The maximum Gasteiger partial charge on any atom is 0.255 e. The van der Waals surface area contributed by atoms with Gasteiger partial charge in [-0.05, 0) is 30.7 Å². The molecule has 104 valence electrons. The Labute approximate surface area is 121 Å². The fraction of sp³-hybridized carbons (Fsp3) is 0.200. The molecule has 5 heteroatoms. The van der Waals surface area contributed by atoms with Crippen LogP contribution in [-0.4, -0.2) is 10.9 Å². The Bertz CT molecular complexity index is 631. The fourth-order valence-corrected chi connectivity index (χ4v) is 2.05. The highest BCUT2D eigenvalue weighted by atomic mass is 35.5. The Morgan fingerprint density at radius 1 is 1.35 bits per heavy atom. The molecule has 2 aromatic rings. The summed E-state index contributed by atoms with van der Waals surface area (Å²) in [6, 6.07) is 9.15. The van der Waals surface area contributed by atoms with Crippen molar-refractivity contribution in [3.8, 4) is 0 Å². The Morgan fingerprint density at radius 2 is 2.10 bits per heavy atom. The topological polar surface area (TPSA) is 42.0 Å². The summed E-state index contributed by atoms with van der Waals surface area (Å²) in [5.74, 6) is -0.883. The maximum absolute atomic E-state index is 13.5. The Balaban J connectivity index is 2.23. The third kappa shape index (κ3) is 3.54. The minimum atomic E-state index is -0.477. The van der Waals surface area contributed by atoms with Crippen LogP contribution in [0.1, 0.15) is 29.4 Å². The summed E-state index contributed by atoms with van der Waals surface area (Å²) in [7, 11) is 0. The van der Waals surface area contributed by atoms with Crippen LogP contribution in [0.4, 0.5) is 10.1 Å². The van der Waals surface area contributed by atoms with E-state index in [-0.39, 0.29) is 10.8 Å². The van der Waals surface area contributed by atoms with Crippen molar-refractivity contribution in [1.29, 1.82) is 0 Å². The zero-order chi connectivity index (χ0) is 14.5. The number of rotatable bonds is 4. The number of para-hydroxylation sites is 1. The van der Waals surface area contributed by atoms with Crippen molar-refractivity contribution in [2.75, 3.05) is 5.32 Å². The summed E-state index contributed by atoms with van der Waals surface area (Å²) in [6.45, 7) is 2.02. The van der Waals surface area contributed by atoms with Gasteiger partial charge in [0, 0.05) is 11.3 Å². The summed E-state index contributed by atoms with van der Waals surface area (Å²) in [6.07, 6.45) is 1.64. The van der Waals surface area contributed by atoms with E-state index in [0.29, 0.717) is 5.56 Å². The van der Waals surface area contributed by atoms with Gasteiger partial charge in [0.05, 0.1) is 5.69 Å². The minimum Gasteiger partial charge on any atom is -0.319 e. The van der Waals surface area contributed by atoms with E-state index in [2.05, 4.69) is 10.3 Å². The lowest BCUT2D eigenvalue weighted by atomic mass is 10.1. The molecule has 0 saturated carbocycles. The van der Waals surface area contributed by atoms with E-state index in [9.17, 15) is 9.18 Å². The maximum atomic E-state index is 13.5. The summed E-state index contributed by atoms with van der Waals surface area (Å²) in [4.78, 5) is 16.3. The number of aryl methyl sites for hydroxylation is 1. The third-order valence-electron chi connectivity index (χ3n) is 2.74. The van der Waals surface area contributed by atoms with Crippen LogP contribution in [0.5, 0.6) is 0 Å². The molecule has 0 unspecified atom stereocenters. The molecule has 0 aliphatic rings. The van der Waals surface area contributed by atoms with Gasteiger partial charge in [-0.15, -0.1) is 0 Å². The number of pyridine rings is 1. The molecule has 2 rings (SSSR count). The van der Waals surface area contributed by atoms with E-state index in [0.717, 1.165) is 18.5 Å². The molecule has 0 spiro atoms. The first kappa shape index (κ1) is 14.5. The number of aromatic nitrogens is 1. The van der Waals surface area contributed by atoms with Crippen molar-refractivity contribution in [2.45, 2.75) is 19.8 Å². The summed E-state index contributed by atoms with van der Waals surface area (Å²) < 4.78 is 13.5. The Hall–Kier alpha value is -1.94. The lowest BCUT2D eigenvalue weighted by molar-refractivity contribution is 0.102. The number of carbonyl (C=O) groups is 1. The van der Waals surface area contributed by atoms with Gasteiger partial charge in [-0.3, -0.25) is 4.79 Å². The van der Waals surface area contributed by atoms with Crippen molar-refractivity contribution in [1.82, 2.24) is 4.98 Å². The molecule has 1 N–H and O–H groups in total. The zero-order valence-electron chi connectivity index (χ0n) is 11.0. The highest BCUT2D eigenvalue weighted by Crippen LogP contribution is 2.16. The number of halogens is 2. The summed E-state index contributed by atoms with van der Waals surface area (Å²) in [5.41, 5.74) is 1.26. The highest BCUT2D eigenvalue weighted by Gasteiger charge is 2.11. The van der Waals surface area contributed by atoms with Crippen LogP contribution in [0.25, 0.3) is 0 Å². The molecule has 1 aromatic carbocycles. The molecule has 1 heterocycles. The SMILES string of the molecule is CCCc1cc(C(=O)Nc2ccccc2F)cc(Cl)n1. The first-order valence-corrected chi connectivity index (χ1v) is 6.70. The van der Waals surface area contributed by atoms with Crippen LogP contribution in [-0.2, 0) is 6.42 Å². The van der Waals surface area contributed by atoms with Gasteiger partial charge in [-0.25, -0.2) is 9.37 Å². The van der Waals surface area contributed by atoms with E-state index < -0.39 is 11.7 Å². The fourth-order valence-electron chi connectivity index (χ4n) is 1.82. The van der Waals surface area contributed by atoms with E-state index in [1.165, 1.54) is 18.2 Å². The normalized spacial score (nSPS) is 10.3. The average Bonchev–Trinajstić information content (AvgIpc) is 2.41. The van der Waals surface area contributed by atoms with Gasteiger partial charge < -0.3 is 5.32 Å². The molecule has 20 heavy (non-hydrogen) atoms. The van der Waals surface area contributed by atoms with E-state index in [1.54, 1.807) is 18.2 Å². The van der Waals surface area contributed by atoms with Crippen LogP contribution in [0.2, 0.25) is 5.15 Å². The average molecular weight is 293 g/mol. The number of hydrogen-bond donors (Lipinski definition) is 1. The first-order valence-electron chi connectivity index (χ1n) is 6.32. The van der Waals surface area contributed by atoms with E-state index >= 15 is 0 Å². The van der Waals surface area contributed by atoms with Gasteiger partial charge in [-0.1, -0.05) is 37.1 Å². The predicted molar refractivity (Wildman–Crippen MR) is 77.6 cm³/mol. The monoisotopic (exact) mass is 292 g/mol. The quantitative estimate of drug-likeness (QED) is 0.863. The lowest BCUT2D eigenvalue weighted by Gasteiger charge is -2.08. The van der Waals surface area contributed by atoms with Crippen LogP contribution < -0.4 is 5.32 Å². The van der Waals surface area contributed by atoms with Crippen molar-refractivity contribution in [2.24, 2.45) is 0 Å². The predicted octanol–water partition coefficient (Wildman–Crippen LogP) is 4.08. The van der Waals surface area contributed by atoms with E-state index in [4.69, 9.17) is 11.6 Å². The number of carbonyl (C=O) groups excluding carboxylic acids is 1. The molecular formula is C15H14ClFN2O. The minimum absolute atomic E-state index is 0.141. The van der Waals surface area contributed by atoms with Crippen LogP contribution in [0.15, 0.2) is 36.4 Å². The molecule has 3 nitrogen and oxygen atoms in total. The second-order valence-corrected chi connectivity index (χ2v) is 4.74. The molecule has 0 radical (unpaired) electrons. The second kappa shape index (κ2) is 6.48. The molecule has 0 fully saturated rings. The van der Waals surface area contributed by atoms with Gasteiger partial charge in [0.2, 0.25) is 0 Å². The van der Waals surface area contributed by atoms with Gasteiger partial charge in [0.15, 0.2) is 0 Å². The van der Waals surface area contributed by atoms with Gasteiger partial charge >= 0.3 is 0 Å². The number of benzene rings is 1. The van der Waals surface area contributed by atoms with Gasteiger partial charge in [-0.2, -0.15) is 0 Å². The largest absolute Gasteiger partial charge is 0.319 e. The number of nitrogens with zero attached hydrogens (tertiary/aromatic N) is 1. The van der Waals surface area contributed by atoms with Crippen LogP contribution >= 0.6 is 11.6 Å². The molecule has 1 aromatic heterocycles. The van der Waals surface area contributed by atoms with Crippen molar-refractivity contribution in [3.63, 3.8) is 0 Å². The van der Waals surface area contributed by atoms with E-state index in [1.807, 2.05) is 6.92 Å². The van der Waals surface area contributed by atoms with Crippen molar-refractivity contribution < 1.29 is 9.18 Å². The van der Waals surface area contributed by atoms with Crippen molar-refractivity contribution in [3.05, 3.63) is 58.6 Å². The molecule has 0 bridgehead atoms. The number of amides is 1. The third-order valence-corrected chi connectivity index (χ3v) is 2.93. The first-order chi connectivity index (χ1) is 9.60.